The van der Waals surface area contributed by atoms with Gasteiger partial charge in [0.1, 0.15) is 5.75 Å². The van der Waals surface area contributed by atoms with E-state index < -0.39 is 17.5 Å². The van der Waals surface area contributed by atoms with Crippen molar-refractivity contribution >= 4 is 29.0 Å². The second-order valence-corrected chi connectivity index (χ2v) is 4.60. The van der Waals surface area contributed by atoms with Gasteiger partial charge in [0.05, 0.1) is 4.91 Å². The molecule has 0 spiro atoms. The van der Waals surface area contributed by atoms with Gasteiger partial charge in [-0.1, -0.05) is 12.1 Å². The summed E-state index contributed by atoms with van der Waals surface area (Å²) in [6.45, 7) is 1.28. The maximum Gasteiger partial charge on any atom is 0.290 e. The minimum Gasteiger partial charge on any atom is -0.461 e. The highest BCUT2D eigenvalue weighted by atomic mass is 32.2. The van der Waals surface area contributed by atoms with Crippen molar-refractivity contribution in [3.63, 3.8) is 0 Å². The van der Waals surface area contributed by atoms with Crippen molar-refractivity contribution in [1.29, 1.82) is 0 Å². The first-order valence-corrected chi connectivity index (χ1v) is 6.02. The number of imide groups is 1. The standard InChI is InChI=1S/C12H10FNO3S/c1-7(13)17-9-4-2-3-8(5-9)6-10-11(15)14-12(16)18-10/h2-7H,1H3,(H,14,15,16). The molecule has 0 aliphatic carbocycles. The van der Waals surface area contributed by atoms with Crippen LogP contribution in [0.3, 0.4) is 0 Å². The van der Waals surface area contributed by atoms with E-state index in [2.05, 4.69) is 5.32 Å². The minimum atomic E-state index is -1.40. The average Bonchev–Trinajstić information content (AvgIpc) is 2.57. The van der Waals surface area contributed by atoms with E-state index in [1.165, 1.54) is 6.92 Å². The van der Waals surface area contributed by atoms with E-state index in [1.807, 2.05) is 0 Å². The quantitative estimate of drug-likeness (QED) is 0.855. The second kappa shape index (κ2) is 5.22. The molecule has 94 valence electrons. The molecule has 1 fully saturated rings. The van der Waals surface area contributed by atoms with Crippen LogP contribution in [0.25, 0.3) is 6.08 Å². The lowest BCUT2D eigenvalue weighted by molar-refractivity contribution is -0.115. The van der Waals surface area contributed by atoms with E-state index in [0.717, 1.165) is 11.8 Å². The summed E-state index contributed by atoms with van der Waals surface area (Å²) in [5.74, 6) is -0.0516. The van der Waals surface area contributed by atoms with E-state index >= 15 is 0 Å². The molecule has 4 nitrogen and oxygen atoms in total. The van der Waals surface area contributed by atoms with Crippen LogP contribution >= 0.6 is 11.8 Å². The van der Waals surface area contributed by atoms with Gasteiger partial charge in [-0.3, -0.25) is 14.9 Å². The Kier molecular flexibility index (Phi) is 3.66. The molecule has 6 heteroatoms. The van der Waals surface area contributed by atoms with Crippen LogP contribution in [0, 0.1) is 0 Å². The number of carbonyl (C=O) groups excluding carboxylic acids is 2. The molecular weight excluding hydrogens is 257 g/mol. The number of thioether (sulfide) groups is 1. The summed E-state index contributed by atoms with van der Waals surface area (Å²) in [5.41, 5.74) is 0.667. The fourth-order valence-electron chi connectivity index (χ4n) is 1.44. The van der Waals surface area contributed by atoms with Gasteiger partial charge in [0, 0.05) is 6.92 Å². The Hall–Kier alpha value is -1.82. The molecule has 1 saturated heterocycles. The lowest BCUT2D eigenvalue weighted by Crippen LogP contribution is -2.17. The summed E-state index contributed by atoms with van der Waals surface area (Å²) in [6, 6.07) is 6.63. The van der Waals surface area contributed by atoms with E-state index in [-0.39, 0.29) is 0 Å². The Bertz CT molecular complexity index is 528. The smallest absolute Gasteiger partial charge is 0.290 e. The predicted molar refractivity (Wildman–Crippen MR) is 66.7 cm³/mol. The highest BCUT2D eigenvalue weighted by molar-refractivity contribution is 8.18. The fourth-order valence-corrected chi connectivity index (χ4v) is 2.12. The minimum absolute atomic E-state index is 0.311. The Morgan fingerprint density at radius 3 is 2.83 bits per heavy atom. The average molecular weight is 267 g/mol. The van der Waals surface area contributed by atoms with Crippen LogP contribution in [0.15, 0.2) is 29.2 Å². The first-order chi connectivity index (χ1) is 8.54. The highest BCUT2D eigenvalue weighted by Gasteiger charge is 2.24. The van der Waals surface area contributed by atoms with Crippen molar-refractivity contribution < 1.29 is 18.7 Å². The topological polar surface area (TPSA) is 55.4 Å². The largest absolute Gasteiger partial charge is 0.461 e. The van der Waals surface area contributed by atoms with Crippen molar-refractivity contribution in [3.05, 3.63) is 34.7 Å². The number of nitrogens with one attached hydrogen (secondary N) is 1. The number of rotatable bonds is 3. The molecule has 2 rings (SSSR count). The van der Waals surface area contributed by atoms with Crippen LogP contribution < -0.4 is 10.1 Å². The monoisotopic (exact) mass is 267 g/mol. The third-order valence-corrected chi connectivity index (χ3v) is 2.91. The molecule has 2 amide bonds. The summed E-state index contributed by atoms with van der Waals surface area (Å²) in [7, 11) is 0. The van der Waals surface area contributed by atoms with Crippen molar-refractivity contribution in [2.24, 2.45) is 0 Å². The molecule has 1 aromatic carbocycles. The zero-order chi connectivity index (χ0) is 13.1. The van der Waals surface area contributed by atoms with E-state index in [0.29, 0.717) is 16.2 Å². The van der Waals surface area contributed by atoms with Crippen LogP contribution in [-0.2, 0) is 4.79 Å². The maximum absolute atomic E-state index is 12.7. The van der Waals surface area contributed by atoms with Crippen LogP contribution in [0.4, 0.5) is 9.18 Å². The summed E-state index contributed by atoms with van der Waals surface area (Å²) in [6.07, 6.45) is 0.152. The number of hydrogen-bond acceptors (Lipinski definition) is 4. The van der Waals surface area contributed by atoms with E-state index in [1.54, 1.807) is 30.3 Å². The third-order valence-electron chi connectivity index (χ3n) is 2.10. The van der Waals surface area contributed by atoms with Gasteiger partial charge in [-0.15, -0.1) is 0 Å². The Morgan fingerprint density at radius 2 is 2.22 bits per heavy atom. The molecule has 0 aromatic heterocycles. The van der Waals surface area contributed by atoms with Gasteiger partial charge in [-0.05, 0) is 35.5 Å². The van der Waals surface area contributed by atoms with Crippen LogP contribution in [-0.4, -0.2) is 17.5 Å². The molecule has 18 heavy (non-hydrogen) atoms. The Morgan fingerprint density at radius 1 is 1.44 bits per heavy atom. The summed E-state index contributed by atoms with van der Waals surface area (Å²) in [5, 5.41) is 1.77. The number of halogens is 1. The molecule has 1 aliphatic rings. The molecule has 0 saturated carbocycles. The predicted octanol–water partition coefficient (Wildman–Crippen LogP) is 2.70. The van der Waals surface area contributed by atoms with Crippen molar-refractivity contribution in [3.8, 4) is 5.75 Å². The number of hydrogen-bond donors (Lipinski definition) is 1. The van der Waals surface area contributed by atoms with Crippen LogP contribution in [0.1, 0.15) is 12.5 Å². The molecule has 1 N–H and O–H groups in total. The first kappa shape index (κ1) is 12.6. The van der Waals surface area contributed by atoms with Crippen LogP contribution in [0.2, 0.25) is 0 Å². The Balaban J connectivity index is 2.21. The molecule has 0 bridgehead atoms. The van der Waals surface area contributed by atoms with E-state index in [9.17, 15) is 14.0 Å². The summed E-state index contributed by atoms with van der Waals surface area (Å²) >= 11 is 0.835. The van der Waals surface area contributed by atoms with Gasteiger partial charge in [0.25, 0.3) is 11.1 Å². The zero-order valence-corrected chi connectivity index (χ0v) is 10.3. The lowest BCUT2D eigenvalue weighted by Gasteiger charge is -2.07. The Labute approximate surface area is 107 Å². The number of ether oxygens (including phenoxy) is 1. The molecular formula is C12H10FNO3S. The SMILES string of the molecule is CC(F)Oc1cccc(C=C2SC(=O)NC2=O)c1. The van der Waals surface area contributed by atoms with Gasteiger partial charge in [0.2, 0.25) is 6.36 Å². The van der Waals surface area contributed by atoms with E-state index in [4.69, 9.17) is 4.74 Å². The van der Waals surface area contributed by atoms with Crippen molar-refractivity contribution in [2.75, 3.05) is 0 Å². The molecule has 1 unspecified atom stereocenters. The summed E-state index contributed by atoms with van der Waals surface area (Å²) < 4.78 is 17.6. The number of alkyl halides is 1. The zero-order valence-electron chi connectivity index (χ0n) is 9.48. The summed E-state index contributed by atoms with van der Waals surface area (Å²) in [4.78, 5) is 22.6. The first-order valence-electron chi connectivity index (χ1n) is 5.20. The highest BCUT2D eigenvalue weighted by Crippen LogP contribution is 2.26. The van der Waals surface area contributed by atoms with Gasteiger partial charge in [-0.25, -0.2) is 4.39 Å². The van der Waals surface area contributed by atoms with Gasteiger partial charge in [0.15, 0.2) is 0 Å². The lowest BCUT2D eigenvalue weighted by atomic mass is 10.2. The fraction of sp³-hybridized carbons (Fsp3) is 0.167. The number of benzene rings is 1. The number of amides is 2. The molecule has 1 atom stereocenters. The van der Waals surface area contributed by atoms with Crippen molar-refractivity contribution in [1.82, 2.24) is 5.32 Å². The normalized spacial score (nSPS) is 18.9. The molecule has 1 aromatic rings. The number of carbonyl (C=O) groups is 2. The third kappa shape index (κ3) is 3.10. The van der Waals surface area contributed by atoms with Crippen molar-refractivity contribution in [2.45, 2.75) is 13.3 Å². The molecule has 0 radical (unpaired) electrons. The van der Waals surface area contributed by atoms with Crippen LogP contribution in [0.5, 0.6) is 5.75 Å². The second-order valence-electron chi connectivity index (χ2n) is 3.59. The van der Waals surface area contributed by atoms with Gasteiger partial charge in [-0.2, -0.15) is 0 Å². The van der Waals surface area contributed by atoms with Gasteiger partial charge >= 0.3 is 0 Å². The molecule has 1 heterocycles. The van der Waals surface area contributed by atoms with Gasteiger partial charge < -0.3 is 4.74 Å². The molecule has 1 aliphatic heterocycles. The maximum atomic E-state index is 12.7.